The topological polar surface area (TPSA) is 73.9 Å². The van der Waals surface area contributed by atoms with Gasteiger partial charge in [0.15, 0.2) is 17.6 Å². The van der Waals surface area contributed by atoms with Crippen molar-refractivity contribution in [2.75, 3.05) is 19.0 Å². The van der Waals surface area contributed by atoms with E-state index >= 15 is 0 Å². The Labute approximate surface area is 161 Å². The Balaban J connectivity index is 1.79. The number of rotatable bonds is 8. The SMILES string of the molecule is COc1ccccc1OCCC(=O)OC(C)C(=O)Nc1ccc(Cl)cc1F. The minimum atomic E-state index is -1.10. The predicted molar refractivity (Wildman–Crippen MR) is 98.7 cm³/mol. The average Bonchev–Trinajstić information content (AvgIpc) is 2.64. The molecule has 0 aliphatic heterocycles. The molecule has 0 saturated heterocycles. The second kappa shape index (κ2) is 9.78. The summed E-state index contributed by atoms with van der Waals surface area (Å²) in [6.07, 6.45) is -1.16. The Bertz CT molecular complexity index is 814. The van der Waals surface area contributed by atoms with E-state index in [2.05, 4.69) is 5.32 Å². The fraction of sp³-hybridized carbons (Fsp3) is 0.263. The fourth-order valence-corrected chi connectivity index (χ4v) is 2.28. The summed E-state index contributed by atoms with van der Waals surface area (Å²) in [5, 5.41) is 2.55. The number of esters is 1. The maximum atomic E-state index is 13.7. The molecule has 144 valence electrons. The van der Waals surface area contributed by atoms with Crippen molar-refractivity contribution >= 4 is 29.2 Å². The predicted octanol–water partition coefficient (Wildman–Crippen LogP) is 3.83. The molecule has 2 aromatic carbocycles. The number of hydrogen-bond donors (Lipinski definition) is 1. The van der Waals surface area contributed by atoms with Crippen molar-refractivity contribution in [3.63, 3.8) is 0 Å². The molecule has 0 saturated carbocycles. The van der Waals surface area contributed by atoms with Gasteiger partial charge in [0.1, 0.15) is 5.82 Å². The van der Waals surface area contributed by atoms with Crippen LogP contribution in [0.1, 0.15) is 13.3 Å². The maximum absolute atomic E-state index is 13.7. The van der Waals surface area contributed by atoms with Crippen molar-refractivity contribution in [3.05, 3.63) is 53.3 Å². The van der Waals surface area contributed by atoms with E-state index in [1.54, 1.807) is 24.3 Å². The van der Waals surface area contributed by atoms with Crippen LogP contribution < -0.4 is 14.8 Å². The number of anilines is 1. The van der Waals surface area contributed by atoms with Crippen LogP contribution in [-0.2, 0) is 14.3 Å². The highest BCUT2D eigenvalue weighted by molar-refractivity contribution is 6.30. The summed E-state index contributed by atoms with van der Waals surface area (Å²) < 4.78 is 29.3. The Morgan fingerprint density at radius 2 is 1.89 bits per heavy atom. The molecule has 27 heavy (non-hydrogen) atoms. The van der Waals surface area contributed by atoms with Gasteiger partial charge in [-0.1, -0.05) is 23.7 Å². The van der Waals surface area contributed by atoms with Crippen molar-refractivity contribution in [3.8, 4) is 11.5 Å². The summed E-state index contributed by atoms with van der Waals surface area (Å²) in [5.74, 6) is -0.917. The summed E-state index contributed by atoms with van der Waals surface area (Å²) in [4.78, 5) is 23.9. The van der Waals surface area contributed by atoms with E-state index in [0.717, 1.165) is 6.07 Å². The molecule has 0 heterocycles. The van der Waals surface area contributed by atoms with Crippen LogP contribution >= 0.6 is 11.6 Å². The number of para-hydroxylation sites is 2. The zero-order valence-corrected chi connectivity index (χ0v) is 15.6. The van der Waals surface area contributed by atoms with Crippen molar-refractivity contribution in [2.24, 2.45) is 0 Å². The van der Waals surface area contributed by atoms with Crippen molar-refractivity contribution in [1.29, 1.82) is 0 Å². The lowest BCUT2D eigenvalue weighted by atomic mass is 10.3. The molecule has 1 atom stereocenters. The zero-order chi connectivity index (χ0) is 19.8. The molecule has 0 aliphatic carbocycles. The number of carbonyl (C=O) groups excluding carboxylic acids is 2. The molecule has 0 aromatic heterocycles. The molecule has 6 nitrogen and oxygen atoms in total. The van der Waals surface area contributed by atoms with Crippen LogP contribution in [0, 0.1) is 5.82 Å². The first-order chi connectivity index (χ1) is 12.9. The summed E-state index contributed by atoms with van der Waals surface area (Å²) in [7, 11) is 1.51. The number of carbonyl (C=O) groups is 2. The average molecular weight is 396 g/mol. The minimum Gasteiger partial charge on any atom is -0.493 e. The first kappa shape index (κ1) is 20.5. The zero-order valence-electron chi connectivity index (χ0n) is 14.8. The van der Waals surface area contributed by atoms with Crippen LogP contribution in [0.25, 0.3) is 0 Å². The molecule has 0 aliphatic rings. The van der Waals surface area contributed by atoms with Crippen LogP contribution in [0.5, 0.6) is 11.5 Å². The molecule has 0 bridgehead atoms. The van der Waals surface area contributed by atoms with E-state index in [1.165, 1.54) is 26.2 Å². The summed E-state index contributed by atoms with van der Waals surface area (Å²) in [6, 6.07) is 10.8. The Hall–Kier alpha value is -2.80. The van der Waals surface area contributed by atoms with Gasteiger partial charge in [-0.3, -0.25) is 9.59 Å². The smallest absolute Gasteiger partial charge is 0.310 e. The van der Waals surface area contributed by atoms with Gasteiger partial charge in [0.25, 0.3) is 5.91 Å². The van der Waals surface area contributed by atoms with Gasteiger partial charge in [-0.05, 0) is 37.3 Å². The third-order valence-corrected chi connectivity index (χ3v) is 3.73. The third kappa shape index (κ3) is 6.14. The first-order valence-electron chi connectivity index (χ1n) is 8.12. The molecular formula is C19H19ClFNO5. The van der Waals surface area contributed by atoms with Crippen molar-refractivity contribution in [1.82, 2.24) is 0 Å². The van der Waals surface area contributed by atoms with Crippen LogP contribution in [-0.4, -0.2) is 31.7 Å². The normalized spacial score (nSPS) is 11.4. The summed E-state index contributed by atoms with van der Waals surface area (Å²) in [5.41, 5.74) is -0.0493. The quantitative estimate of drug-likeness (QED) is 0.688. The lowest BCUT2D eigenvalue weighted by Crippen LogP contribution is -2.30. The van der Waals surface area contributed by atoms with Gasteiger partial charge in [-0.15, -0.1) is 0 Å². The van der Waals surface area contributed by atoms with Gasteiger partial charge in [-0.25, -0.2) is 4.39 Å². The fourth-order valence-electron chi connectivity index (χ4n) is 2.12. The van der Waals surface area contributed by atoms with E-state index in [4.69, 9.17) is 25.8 Å². The molecule has 2 aromatic rings. The van der Waals surface area contributed by atoms with E-state index < -0.39 is 23.8 Å². The van der Waals surface area contributed by atoms with Gasteiger partial charge in [0, 0.05) is 5.02 Å². The molecule has 2 rings (SSSR count). The Kier molecular flexibility index (Phi) is 7.43. The summed E-state index contributed by atoms with van der Waals surface area (Å²) in [6.45, 7) is 1.45. The van der Waals surface area contributed by atoms with E-state index in [0.29, 0.717) is 11.5 Å². The number of hydrogen-bond acceptors (Lipinski definition) is 5. The van der Waals surface area contributed by atoms with Gasteiger partial charge >= 0.3 is 5.97 Å². The molecule has 1 amide bonds. The number of ether oxygens (including phenoxy) is 3. The van der Waals surface area contributed by atoms with Crippen molar-refractivity contribution < 1.29 is 28.2 Å². The van der Waals surface area contributed by atoms with E-state index in [1.807, 2.05) is 0 Å². The van der Waals surface area contributed by atoms with Crippen LogP contribution in [0.4, 0.5) is 10.1 Å². The number of amides is 1. The van der Waals surface area contributed by atoms with Crippen molar-refractivity contribution in [2.45, 2.75) is 19.4 Å². The van der Waals surface area contributed by atoms with Gasteiger partial charge < -0.3 is 19.5 Å². The molecular weight excluding hydrogens is 377 g/mol. The second-order valence-electron chi connectivity index (χ2n) is 5.49. The largest absolute Gasteiger partial charge is 0.493 e. The molecule has 8 heteroatoms. The molecule has 0 spiro atoms. The third-order valence-electron chi connectivity index (χ3n) is 3.50. The molecule has 0 fully saturated rings. The number of benzene rings is 2. The highest BCUT2D eigenvalue weighted by atomic mass is 35.5. The lowest BCUT2D eigenvalue weighted by Gasteiger charge is -2.14. The van der Waals surface area contributed by atoms with Crippen LogP contribution in [0.2, 0.25) is 5.02 Å². The van der Waals surface area contributed by atoms with Gasteiger partial charge in [-0.2, -0.15) is 0 Å². The maximum Gasteiger partial charge on any atom is 0.310 e. The molecule has 0 radical (unpaired) electrons. The Morgan fingerprint density at radius 3 is 2.56 bits per heavy atom. The summed E-state index contributed by atoms with van der Waals surface area (Å²) >= 11 is 5.65. The minimum absolute atomic E-state index is 0.0493. The highest BCUT2D eigenvalue weighted by Gasteiger charge is 2.19. The van der Waals surface area contributed by atoms with Crippen LogP contribution in [0.15, 0.2) is 42.5 Å². The van der Waals surface area contributed by atoms with Gasteiger partial charge in [0.2, 0.25) is 0 Å². The number of halogens is 2. The molecule has 1 unspecified atom stereocenters. The second-order valence-corrected chi connectivity index (χ2v) is 5.93. The van der Waals surface area contributed by atoms with E-state index in [9.17, 15) is 14.0 Å². The number of nitrogens with one attached hydrogen (secondary N) is 1. The lowest BCUT2D eigenvalue weighted by molar-refractivity contribution is -0.153. The highest BCUT2D eigenvalue weighted by Crippen LogP contribution is 2.25. The first-order valence-corrected chi connectivity index (χ1v) is 8.49. The van der Waals surface area contributed by atoms with Crippen LogP contribution in [0.3, 0.4) is 0 Å². The Morgan fingerprint density at radius 1 is 1.19 bits per heavy atom. The molecule has 1 N–H and O–H groups in total. The van der Waals surface area contributed by atoms with Gasteiger partial charge in [0.05, 0.1) is 25.8 Å². The van der Waals surface area contributed by atoms with E-state index in [-0.39, 0.29) is 23.7 Å². The monoisotopic (exact) mass is 395 g/mol. The standard InChI is InChI=1S/C19H19ClFNO5/c1-12(19(24)22-15-8-7-13(20)11-14(15)21)27-18(23)9-10-26-17-6-4-3-5-16(17)25-2/h3-8,11-12H,9-10H2,1-2H3,(H,22,24). The number of methoxy groups -OCH3 is 1.